The van der Waals surface area contributed by atoms with Crippen LogP contribution in [-0.4, -0.2) is 9.13 Å². The van der Waals surface area contributed by atoms with Crippen molar-refractivity contribution in [2.45, 2.75) is 5.41 Å². The number of rotatable bonds is 9. The Morgan fingerprint density at radius 2 is 0.593 bits per heavy atom. The SMILES string of the molecule is c1ccc(-c2ccccc2-n2c3ccccc3c3cc(-c4ccc5c(c4)c4ccccc4n5-c4ccc(-c5ccc(-c6cccc(C7(c8ccccc8-c8ccccc8)c8ccccc8-c8ccccc87)c6)cc5)cc4)ccc32)cc1. The summed E-state index contributed by atoms with van der Waals surface area (Å²) in [6.07, 6.45) is 0. The first-order chi connectivity index (χ1) is 40.2. The summed E-state index contributed by atoms with van der Waals surface area (Å²) < 4.78 is 4.85. The van der Waals surface area contributed by atoms with Crippen LogP contribution in [-0.2, 0) is 5.41 Å². The normalized spacial score (nSPS) is 12.5. The van der Waals surface area contributed by atoms with Crippen LogP contribution in [0.5, 0.6) is 0 Å². The molecule has 0 saturated heterocycles. The van der Waals surface area contributed by atoms with E-state index in [2.05, 4.69) is 325 Å². The van der Waals surface area contributed by atoms with Gasteiger partial charge in [0.25, 0.3) is 0 Å². The van der Waals surface area contributed by atoms with Gasteiger partial charge in [0.1, 0.15) is 0 Å². The molecule has 0 amide bonds. The predicted molar refractivity (Wildman–Crippen MR) is 340 cm³/mol. The van der Waals surface area contributed by atoms with Crippen LogP contribution in [0, 0.1) is 0 Å². The van der Waals surface area contributed by atoms with E-state index in [-0.39, 0.29) is 0 Å². The van der Waals surface area contributed by atoms with Gasteiger partial charge in [0, 0.05) is 32.8 Å². The van der Waals surface area contributed by atoms with E-state index >= 15 is 0 Å². The summed E-state index contributed by atoms with van der Waals surface area (Å²) in [5, 5.41) is 4.95. The Kier molecular flexibility index (Phi) is 10.8. The largest absolute Gasteiger partial charge is 0.309 e. The first-order valence-electron chi connectivity index (χ1n) is 28.1. The minimum absolute atomic E-state index is 0.536. The molecule has 0 atom stereocenters. The van der Waals surface area contributed by atoms with Gasteiger partial charge in [0.2, 0.25) is 0 Å². The molecular formula is C79H52N2. The molecule has 13 aromatic carbocycles. The van der Waals surface area contributed by atoms with E-state index in [1.807, 2.05) is 0 Å². The zero-order chi connectivity index (χ0) is 53.4. The Labute approximate surface area is 471 Å². The molecule has 0 N–H and O–H groups in total. The number of nitrogens with zero attached hydrogens (tertiary/aromatic N) is 2. The lowest BCUT2D eigenvalue weighted by Gasteiger charge is -2.36. The first kappa shape index (κ1) is 46.5. The monoisotopic (exact) mass is 1030 g/mol. The van der Waals surface area contributed by atoms with Gasteiger partial charge in [0.15, 0.2) is 0 Å². The van der Waals surface area contributed by atoms with E-state index in [0.29, 0.717) is 0 Å². The van der Waals surface area contributed by atoms with Gasteiger partial charge in [-0.25, -0.2) is 0 Å². The molecule has 0 bridgehead atoms. The highest BCUT2D eigenvalue weighted by Crippen LogP contribution is 2.58. The van der Waals surface area contributed by atoms with Gasteiger partial charge in [-0.2, -0.15) is 0 Å². The van der Waals surface area contributed by atoms with E-state index in [4.69, 9.17) is 0 Å². The summed E-state index contributed by atoms with van der Waals surface area (Å²) in [6, 6.07) is 116. The zero-order valence-electron chi connectivity index (χ0n) is 44.4. The van der Waals surface area contributed by atoms with Crippen LogP contribution in [0.1, 0.15) is 22.3 Å². The molecule has 1 aliphatic rings. The third kappa shape index (κ3) is 7.34. The molecule has 0 aliphatic heterocycles. The van der Waals surface area contributed by atoms with Crippen LogP contribution in [0.15, 0.2) is 315 Å². The molecule has 16 rings (SSSR count). The third-order valence-corrected chi connectivity index (χ3v) is 17.2. The van der Waals surface area contributed by atoms with Crippen LogP contribution in [0.4, 0.5) is 0 Å². The van der Waals surface area contributed by atoms with Crippen molar-refractivity contribution in [3.05, 3.63) is 338 Å². The number of benzene rings is 13. The van der Waals surface area contributed by atoms with Gasteiger partial charge >= 0.3 is 0 Å². The van der Waals surface area contributed by atoms with Gasteiger partial charge in [-0.05, 0) is 144 Å². The summed E-state index contributed by atoms with van der Waals surface area (Å²) >= 11 is 0. The average molecular weight is 1030 g/mol. The molecule has 2 heterocycles. The highest BCUT2D eigenvalue weighted by atomic mass is 15.0. The van der Waals surface area contributed by atoms with Gasteiger partial charge in [-0.1, -0.05) is 255 Å². The molecule has 81 heavy (non-hydrogen) atoms. The summed E-state index contributed by atoms with van der Waals surface area (Å²) in [5.74, 6) is 0. The van der Waals surface area contributed by atoms with E-state index in [0.717, 1.165) is 5.69 Å². The second-order valence-corrected chi connectivity index (χ2v) is 21.5. The van der Waals surface area contributed by atoms with Crippen molar-refractivity contribution < 1.29 is 0 Å². The number of hydrogen-bond acceptors (Lipinski definition) is 0. The molecular weight excluding hydrogens is 977 g/mol. The zero-order valence-corrected chi connectivity index (χ0v) is 44.4. The van der Waals surface area contributed by atoms with Gasteiger partial charge in [-0.3, -0.25) is 0 Å². The Morgan fingerprint density at radius 3 is 1.19 bits per heavy atom. The minimum Gasteiger partial charge on any atom is -0.309 e. The standard InChI is InChI=1S/C79H52N2/c1-3-20-56(21-4-1)63-26-7-13-32-71(63)79(72-33-14-8-28-65(72)66-29-9-15-34-73(66)79)61-25-19-24-58(50-61)55-40-38-53(39-41-55)54-42-46-62(47-43-54)80-75-36-17-11-30-67(75)69-51-59(44-48-77(69)80)60-45-49-78-70(52-60)68-31-12-18-37-76(68)81(78)74-35-16-10-27-64(74)57-22-5-2-6-23-57/h1-52H. The average Bonchev–Trinajstić information content (AvgIpc) is 4.39. The van der Waals surface area contributed by atoms with Crippen molar-refractivity contribution in [2.75, 3.05) is 0 Å². The van der Waals surface area contributed by atoms with Crippen molar-refractivity contribution in [3.8, 4) is 78.1 Å². The molecule has 1 aliphatic carbocycles. The van der Waals surface area contributed by atoms with Crippen LogP contribution < -0.4 is 0 Å². The Hall–Kier alpha value is -10.5. The number of hydrogen-bond donors (Lipinski definition) is 0. The first-order valence-corrected chi connectivity index (χ1v) is 28.1. The quantitative estimate of drug-likeness (QED) is 0.136. The lowest BCUT2D eigenvalue weighted by atomic mass is 9.65. The summed E-state index contributed by atoms with van der Waals surface area (Å²) in [4.78, 5) is 0. The van der Waals surface area contributed by atoms with Crippen molar-refractivity contribution in [1.29, 1.82) is 0 Å². The lowest BCUT2D eigenvalue weighted by Crippen LogP contribution is -2.29. The molecule has 0 unspecified atom stereocenters. The van der Waals surface area contributed by atoms with Crippen molar-refractivity contribution in [2.24, 2.45) is 0 Å². The Morgan fingerprint density at radius 1 is 0.210 bits per heavy atom. The van der Waals surface area contributed by atoms with Gasteiger partial charge < -0.3 is 9.13 Å². The number of aromatic nitrogens is 2. The summed E-state index contributed by atoms with van der Waals surface area (Å²) in [6.45, 7) is 0. The topological polar surface area (TPSA) is 9.86 Å². The molecule has 2 aromatic heterocycles. The second-order valence-electron chi connectivity index (χ2n) is 21.5. The Balaban J connectivity index is 0.734. The van der Waals surface area contributed by atoms with Crippen LogP contribution in [0.2, 0.25) is 0 Å². The molecule has 2 heteroatoms. The lowest BCUT2D eigenvalue weighted by molar-refractivity contribution is 0.771. The second kappa shape index (κ2) is 18.8. The highest BCUT2D eigenvalue weighted by Gasteiger charge is 2.47. The maximum absolute atomic E-state index is 2.44. The van der Waals surface area contributed by atoms with Gasteiger partial charge in [-0.15, -0.1) is 0 Å². The fourth-order valence-electron chi connectivity index (χ4n) is 13.6. The van der Waals surface area contributed by atoms with Crippen LogP contribution in [0.25, 0.3) is 122 Å². The maximum Gasteiger partial charge on any atom is 0.0719 e. The summed E-state index contributed by atoms with van der Waals surface area (Å²) in [5.41, 5.74) is 26.3. The van der Waals surface area contributed by atoms with E-state index in [1.54, 1.807) is 0 Å². The maximum atomic E-state index is 2.44. The van der Waals surface area contributed by atoms with Crippen LogP contribution in [0.3, 0.4) is 0 Å². The smallest absolute Gasteiger partial charge is 0.0719 e. The van der Waals surface area contributed by atoms with Crippen LogP contribution >= 0.6 is 0 Å². The van der Waals surface area contributed by atoms with E-state index in [1.165, 1.54) is 138 Å². The third-order valence-electron chi connectivity index (χ3n) is 17.2. The van der Waals surface area contributed by atoms with Crippen molar-refractivity contribution in [3.63, 3.8) is 0 Å². The summed E-state index contributed by atoms with van der Waals surface area (Å²) in [7, 11) is 0. The molecule has 0 fully saturated rings. The van der Waals surface area contributed by atoms with E-state index in [9.17, 15) is 0 Å². The molecule has 15 aromatic rings. The fraction of sp³-hybridized carbons (Fsp3) is 0.0127. The minimum atomic E-state index is -0.536. The fourth-order valence-corrected chi connectivity index (χ4v) is 13.6. The number of fused-ring (bicyclic) bond motifs is 9. The molecule has 2 nitrogen and oxygen atoms in total. The molecule has 378 valence electrons. The van der Waals surface area contributed by atoms with Crippen molar-refractivity contribution in [1.82, 2.24) is 9.13 Å². The number of para-hydroxylation sites is 3. The predicted octanol–water partition coefficient (Wildman–Crippen LogP) is 20.6. The van der Waals surface area contributed by atoms with Crippen molar-refractivity contribution >= 4 is 43.6 Å². The molecule has 0 radical (unpaired) electrons. The molecule has 0 spiro atoms. The highest BCUT2D eigenvalue weighted by molar-refractivity contribution is 6.13. The van der Waals surface area contributed by atoms with Gasteiger partial charge in [0.05, 0.1) is 33.2 Å². The van der Waals surface area contributed by atoms with E-state index < -0.39 is 5.41 Å². The molecule has 0 saturated carbocycles. The Bertz CT molecular complexity index is 4860.